The third kappa shape index (κ3) is 3.54. The fraction of sp³-hybridized carbons (Fsp3) is 0.562. The van der Waals surface area contributed by atoms with Crippen LogP contribution in [0.1, 0.15) is 18.7 Å². The monoisotopic (exact) mass is 287 g/mol. The maximum absolute atomic E-state index is 5.81. The minimum Gasteiger partial charge on any atom is -0.399 e. The molecule has 0 bridgehead atoms. The highest BCUT2D eigenvalue weighted by atomic mass is 15.2. The van der Waals surface area contributed by atoms with E-state index < -0.39 is 0 Å². The summed E-state index contributed by atoms with van der Waals surface area (Å²) in [6, 6.07) is 5.84. The molecule has 114 valence electrons. The third-order valence-electron chi connectivity index (χ3n) is 4.26. The zero-order valence-corrected chi connectivity index (χ0v) is 13.0. The van der Waals surface area contributed by atoms with Crippen LogP contribution in [0.5, 0.6) is 0 Å². The van der Waals surface area contributed by atoms with Crippen molar-refractivity contribution in [3.63, 3.8) is 0 Å². The predicted octanol–water partition coefficient (Wildman–Crippen LogP) is 1.92. The first-order valence-corrected chi connectivity index (χ1v) is 7.71. The first-order chi connectivity index (χ1) is 10.1. The molecule has 0 atom stereocenters. The Morgan fingerprint density at radius 2 is 2.10 bits per heavy atom. The van der Waals surface area contributed by atoms with Crippen LogP contribution in [0.3, 0.4) is 0 Å². The van der Waals surface area contributed by atoms with Crippen molar-refractivity contribution in [1.29, 1.82) is 0 Å². The van der Waals surface area contributed by atoms with E-state index in [4.69, 9.17) is 5.73 Å². The standard InChI is InChI=1S/C16H25N5/c1-20(2)10-12-5-7-21(8-6-12)11-16-18-14-4-3-13(17)9-15(14)19-16/h3-4,9,12H,5-8,10-11,17H2,1-2H3,(H,18,19). The Morgan fingerprint density at radius 1 is 1.33 bits per heavy atom. The number of aromatic amines is 1. The van der Waals surface area contributed by atoms with Crippen molar-refractivity contribution in [3.05, 3.63) is 24.0 Å². The molecule has 5 nitrogen and oxygen atoms in total. The molecule has 1 saturated heterocycles. The van der Waals surface area contributed by atoms with Crippen LogP contribution in [-0.2, 0) is 6.54 Å². The van der Waals surface area contributed by atoms with Crippen molar-refractivity contribution in [2.24, 2.45) is 5.92 Å². The Hall–Kier alpha value is -1.59. The second-order valence-electron chi connectivity index (χ2n) is 6.44. The normalized spacial score (nSPS) is 17.9. The van der Waals surface area contributed by atoms with Gasteiger partial charge in [-0.1, -0.05) is 0 Å². The molecule has 1 fully saturated rings. The van der Waals surface area contributed by atoms with Crippen molar-refractivity contribution in [1.82, 2.24) is 19.8 Å². The van der Waals surface area contributed by atoms with Crippen LogP contribution >= 0.6 is 0 Å². The summed E-state index contributed by atoms with van der Waals surface area (Å²) in [6.07, 6.45) is 2.57. The van der Waals surface area contributed by atoms with Crippen LogP contribution in [-0.4, -0.2) is 53.5 Å². The average molecular weight is 287 g/mol. The minimum atomic E-state index is 0.780. The van der Waals surface area contributed by atoms with Crippen LogP contribution in [0.25, 0.3) is 11.0 Å². The SMILES string of the molecule is CN(C)CC1CCN(Cc2nc3ccc(N)cc3[nH]2)CC1. The number of hydrogen-bond acceptors (Lipinski definition) is 4. The molecule has 2 heterocycles. The Balaban J connectivity index is 1.59. The van der Waals surface area contributed by atoms with Gasteiger partial charge < -0.3 is 15.6 Å². The third-order valence-corrected chi connectivity index (χ3v) is 4.26. The van der Waals surface area contributed by atoms with Gasteiger partial charge in [0.2, 0.25) is 0 Å². The number of H-pyrrole nitrogens is 1. The second kappa shape index (κ2) is 6.03. The molecule has 21 heavy (non-hydrogen) atoms. The minimum absolute atomic E-state index is 0.780. The van der Waals surface area contributed by atoms with Crippen molar-refractivity contribution >= 4 is 16.7 Å². The van der Waals surface area contributed by atoms with E-state index in [1.165, 1.54) is 19.4 Å². The number of nitrogens with zero attached hydrogens (tertiary/aromatic N) is 3. The van der Waals surface area contributed by atoms with Gasteiger partial charge in [0.25, 0.3) is 0 Å². The lowest BCUT2D eigenvalue weighted by Crippen LogP contribution is -2.36. The zero-order valence-electron chi connectivity index (χ0n) is 13.0. The van der Waals surface area contributed by atoms with E-state index in [0.29, 0.717) is 0 Å². The van der Waals surface area contributed by atoms with Gasteiger partial charge in [-0.15, -0.1) is 0 Å². The fourth-order valence-electron chi connectivity index (χ4n) is 3.21. The summed E-state index contributed by atoms with van der Waals surface area (Å²) in [5.41, 5.74) is 8.63. The highest BCUT2D eigenvalue weighted by molar-refractivity contribution is 5.78. The number of imidazole rings is 1. The molecule has 3 N–H and O–H groups in total. The number of aromatic nitrogens is 2. The van der Waals surface area contributed by atoms with Crippen LogP contribution in [0, 0.1) is 5.92 Å². The quantitative estimate of drug-likeness (QED) is 0.843. The smallest absolute Gasteiger partial charge is 0.121 e. The highest BCUT2D eigenvalue weighted by Crippen LogP contribution is 2.20. The maximum atomic E-state index is 5.81. The van der Waals surface area contributed by atoms with Gasteiger partial charge in [0.05, 0.1) is 17.6 Å². The van der Waals surface area contributed by atoms with Gasteiger partial charge in [-0.3, -0.25) is 4.90 Å². The van der Waals surface area contributed by atoms with Gasteiger partial charge >= 0.3 is 0 Å². The number of hydrogen-bond donors (Lipinski definition) is 2. The summed E-state index contributed by atoms with van der Waals surface area (Å²) in [5.74, 6) is 1.88. The average Bonchev–Trinajstić information content (AvgIpc) is 2.82. The summed E-state index contributed by atoms with van der Waals surface area (Å²) >= 11 is 0. The van der Waals surface area contributed by atoms with Crippen LogP contribution in [0.15, 0.2) is 18.2 Å². The van der Waals surface area contributed by atoms with Crippen molar-refractivity contribution in [2.45, 2.75) is 19.4 Å². The second-order valence-corrected chi connectivity index (χ2v) is 6.44. The number of nitrogen functional groups attached to an aromatic ring is 1. The van der Waals surface area contributed by atoms with Gasteiger partial charge in [0.15, 0.2) is 0 Å². The van der Waals surface area contributed by atoms with E-state index in [-0.39, 0.29) is 0 Å². The van der Waals surface area contributed by atoms with E-state index >= 15 is 0 Å². The summed E-state index contributed by atoms with van der Waals surface area (Å²) < 4.78 is 0. The van der Waals surface area contributed by atoms with Gasteiger partial charge in [0, 0.05) is 12.2 Å². The first kappa shape index (κ1) is 14.4. The molecule has 5 heteroatoms. The maximum Gasteiger partial charge on any atom is 0.121 e. The molecule has 0 radical (unpaired) electrons. The van der Waals surface area contributed by atoms with E-state index in [2.05, 4.69) is 33.9 Å². The van der Waals surface area contributed by atoms with Crippen molar-refractivity contribution in [2.75, 3.05) is 39.5 Å². The molecule has 0 saturated carbocycles. The molecule has 0 amide bonds. The van der Waals surface area contributed by atoms with Crippen molar-refractivity contribution < 1.29 is 0 Å². The molecule has 1 aromatic carbocycles. The first-order valence-electron chi connectivity index (χ1n) is 7.71. The van der Waals surface area contributed by atoms with Gasteiger partial charge in [-0.25, -0.2) is 4.98 Å². The number of rotatable bonds is 4. The Labute approximate surface area is 126 Å². The molecule has 1 aromatic heterocycles. The summed E-state index contributed by atoms with van der Waals surface area (Å²) in [4.78, 5) is 12.8. The summed E-state index contributed by atoms with van der Waals surface area (Å²) in [7, 11) is 4.32. The summed E-state index contributed by atoms with van der Waals surface area (Å²) in [5, 5.41) is 0. The molecule has 0 spiro atoms. The van der Waals surface area contributed by atoms with E-state index in [1.807, 2.05) is 18.2 Å². The number of benzene rings is 1. The van der Waals surface area contributed by atoms with Crippen LogP contribution < -0.4 is 5.73 Å². The van der Waals surface area contributed by atoms with E-state index in [0.717, 1.165) is 48.1 Å². The van der Waals surface area contributed by atoms with Gasteiger partial charge in [-0.05, 0) is 64.1 Å². The molecule has 0 aliphatic carbocycles. The molecule has 1 aliphatic heterocycles. The number of nitrogens with two attached hydrogens (primary N) is 1. The van der Waals surface area contributed by atoms with E-state index in [9.17, 15) is 0 Å². The Morgan fingerprint density at radius 3 is 2.81 bits per heavy atom. The topological polar surface area (TPSA) is 61.2 Å². The Bertz CT molecular complexity index is 596. The fourth-order valence-corrected chi connectivity index (χ4v) is 3.21. The Kier molecular flexibility index (Phi) is 4.12. The molecular weight excluding hydrogens is 262 g/mol. The molecule has 3 rings (SSSR count). The lowest BCUT2D eigenvalue weighted by molar-refractivity contribution is 0.154. The summed E-state index contributed by atoms with van der Waals surface area (Å²) in [6.45, 7) is 4.44. The van der Waals surface area contributed by atoms with E-state index in [1.54, 1.807) is 0 Å². The molecule has 1 aliphatic rings. The number of piperidine rings is 1. The number of nitrogens with one attached hydrogen (secondary N) is 1. The lowest BCUT2D eigenvalue weighted by atomic mass is 9.96. The number of fused-ring (bicyclic) bond motifs is 1. The van der Waals surface area contributed by atoms with Gasteiger partial charge in [0.1, 0.15) is 5.82 Å². The highest BCUT2D eigenvalue weighted by Gasteiger charge is 2.20. The largest absolute Gasteiger partial charge is 0.399 e. The lowest BCUT2D eigenvalue weighted by Gasteiger charge is -2.32. The number of anilines is 1. The number of likely N-dealkylation sites (tertiary alicyclic amines) is 1. The molecule has 0 unspecified atom stereocenters. The molecule has 2 aromatic rings. The van der Waals surface area contributed by atoms with Crippen LogP contribution in [0.4, 0.5) is 5.69 Å². The van der Waals surface area contributed by atoms with Gasteiger partial charge in [-0.2, -0.15) is 0 Å². The molecular formula is C16H25N5. The zero-order chi connectivity index (χ0) is 14.8. The van der Waals surface area contributed by atoms with Crippen LogP contribution in [0.2, 0.25) is 0 Å². The van der Waals surface area contributed by atoms with Crippen molar-refractivity contribution in [3.8, 4) is 0 Å². The predicted molar refractivity (Wildman–Crippen MR) is 87.1 cm³/mol.